The summed E-state index contributed by atoms with van der Waals surface area (Å²) in [5.41, 5.74) is 6.00. The number of hydrogen-bond acceptors (Lipinski definition) is 4. The zero-order valence-electron chi connectivity index (χ0n) is 12.4. The lowest BCUT2D eigenvalue weighted by atomic mass is 9.72. The Bertz CT molecular complexity index is 517. The number of nitrogens with one attached hydrogen (secondary N) is 1. The predicted molar refractivity (Wildman–Crippen MR) is 78.8 cm³/mol. The van der Waals surface area contributed by atoms with Gasteiger partial charge in [-0.15, -0.1) is 0 Å². The van der Waals surface area contributed by atoms with Crippen molar-refractivity contribution in [3.8, 4) is 0 Å². The van der Waals surface area contributed by atoms with Crippen molar-refractivity contribution in [3.05, 3.63) is 18.0 Å². The molecule has 0 saturated heterocycles. The van der Waals surface area contributed by atoms with Gasteiger partial charge in [-0.2, -0.15) is 5.10 Å². The van der Waals surface area contributed by atoms with E-state index in [-0.39, 0.29) is 11.7 Å². The van der Waals surface area contributed by atoms with E-state index in [9.17, 15) is 4.79 Å². The Morgan fingerprint density at radius 2 is 2.24 bits per heavy atom. The van der Waals surface area contributed by atoms with Gasteiger partial charge in [0.2, 0.25) is 5.91 Å². The van der Waals surface area contributed by atoms with Gasteiger partial charge in [-0.05, 0) is 18.9 Å². The Kier molecular flexibility index (Phi) is 4.82. The van der Waals surface area contributed by atoms with Gasteiger partial charge >= 0.3 is 0 Å². The average Bonchev–Trinajstić information content (AvgIpc) is 2.92. The number of carbonyl (C=O) groups excluding carboxylic acids is 1. The fourth-order valence-electron chi connectivity index (χ4n) is 2.97. The highest BCUT2D eigenvalue weighted by molar-refractivity contribution is 6.06. The molecule has 0 atom stereocenters. The summed E-state index contributed by atoms with van der Waals surface area (Å²) in [5, 5.41) is 19.1. The number of aromatic nitrogens is 2. The molecule has 21 heavy (non-hydrogen) atoms. The number of aryl methyl sites for hydroxylation is 1. The minimum atomic E-state index is -0.848. The minimum Gasteiger partial charge on any atom is -0.409 e. The fourth-order valence-corrected chi connectivity index (χ4v) is 2.97. The smallest absolute Gasteiger partial charge is 0.233 e. The van der Waals surface area contributed by atoms with Crippen LogP contribution in [0.5, 0.6) is 0 Å². The molecule has 1 heterocycles. The fraction of sp³-hybridized carbons (Fsp3) is 0.643. The normalized spacial score (nSPS) is 18.4. The molecule has 1 amide bonds. The first-order valence-electron chi connectivity index (χ1n) is 7.33. The molecule has 0 radical (unpaired) electrons. The molecule has 0 spiro atoms. The van der Waals surface area contributed by atoms with E-state index in [0.717, 1.165) is 25.0 Å². The molecule has 2 rings (SSSR count). The maximum absolute atomic E-state index is 12.5. The van der Waals surface area contributed by atoms with E-state index in [1.54, 1.807) is 10.9 Å². The molecule has 1 aromatic rings. The van der Waals surface area contributed by atoms with Crippen molar-refractivity contribution in [2.24, 2.45) is 23.4 Å². The molecular weight excluding hydrogens is 270 g/mol. The van der Waals surface area contributed by atoms with Gasteiger partial charge in [0.15, 0.2) is 5.84 Å². The van der Waals surface area contributed by atoms with Gasteiger partial charge < -0.3 is 16.3 Å². The van der Waals surface area contributed by atoms with E-state index in [1.807, 2.05) is 13.1 Å². The number of hydrogen-bond donors (Lipinski definition) is 3. The summed E-state index contributed by atoms with van der Waals surface area (Å²) in [6.45, 7) is 0.513. The van der Waals surface area contributed by atoms with Crippen LogP contribution >= 0.6 is 0 Å². The van der Waals surface area contributed by atoms with E-state index in [2.05, 4.69) is 15.6 Å². The zero-order valence-corrected chi connectivity index (χ0v) is 12.4. The number of oxime groups is 1. The van der Waals surface area contributed by atoms with Crippen LogP contribution in [0.15, 0.2) is 17.4 Å². The maximum atomic E-state index is 12.5. The molecule has 7 nitrogen and oxygen atoms in total. The van der Waals surface area contributed by atoms with Gasteiger partial charge in [0.05, 0.1) is 0 Å². The lowest BCUT2D eigenvalue weighted by Crippen LogP contribution is -2.51. The molecule has 0 aliphatic heterocycles. The van der Waals surface area contributed by atoms with Crippen LogP contribution in [0.2, 0.25) is 0 Å². The van der Waals surface area contributed by atoms with Crippen LogP contribution in [0.1, 0.15) is 37.8 Å². The first-order chi connectivity index (χ1) is 10.1. The van der Waals surface area contributed by atoms with Crippen LogP contribution in [0.25, 0.3) is 0 Å². The van der Waals surface area contributed by atoms with Crippen molar-refractivity contribution in [2.75, 3.05) is 6.54 Å². The van der Waals surface area contributed by atoms with Gasteiger partial charge in [0, 0.05) is 31.9 Å². The van der Waals surface area contributed by atoms with E-state index in [1.165, 1.54) is 0 Å². The Hall–Kier alpha value is -2.05. The summed E-state index contributed by atoms with van der Waals surface area (Å²) >= 11 is 0. The number of amidine groups is 1. The molecule has 7 heteroatoms. The quantitative estimate of drug-likeness (QED) is 0.323. The van der Waals surface area contributed by atoms with Crippen molar-refractivity contribution < 1.29 is 10.0 Å². The van der Waals surface area contributed by atoms with E-state index in [0.29, 0.717) is 25.8 Å². The second kappa shape index (κ2) is 6.60. The standard InChI is InChI=1S/C14H23N5O2/c1-19-11(6-10-17-19)5-9-16-13(20)14(12(15)18-21)7-3-2-4-8-14/h6,10,21H,2-5,7-9H2,1H3,(H2,15,18)(H,16,20). The van der Waals surface area contributed by atoms with Gasteiger partial charge in [-0.1, -0.05) is 24.4 Å². The van der Waals surface area contributed by atoms with Crippen LogP contribution in [0.3, 0.4) is 0 Å². The van der Waals surface area contributed by atoms with Crippen LogP contribution in [0.4, 0.5) is 0 Å². The summed E-state index contributed by atoms with van der Waals surface area (Å²) < 4.78 is 1.78. The van der Waals surface area contributed by atoms with Crippen LogP contribution in [-0.2, 0) is 18.3 Å². The minimum absolute atomic E-state index is 0.0280. The predicted octanol–water partition coefficient (Wildman–Crippen LogP) is 0.776. The van der Waals surface area contributed by atoms with E-state index >= 15 is 0 Å². The number of nitrogens with zero attached hydrogens (tertiary/aromatic N) is 3. The summed E-state index contributed by atoms with van der Waals surface area (Å²) in [6, 6.07) is 1.92. The second-order valence-electron chi connectivity index (χ2n) is 5.58. The van der Waals surface area contributed by atoms with Gasteiger partial charge in [-0.3, -0.25) is 9.48 Å². The SMILES string of the molecule is Cn1nccc1CCNC(=O)C1(/C(N)=N/O)CCCCC1. The van der Waals surface area contributed by atoms with E-state index in [4.69, 9.17) is 10.9 Å². The Labute approximate surface area is 124 Å². The Morgan fingerprint density at radius 3 is 2.81 bits per heavy atom. The number of nitrogens with two attached hydrogens (primary N) is 1. The van der Waals surface area contributed by atoms with E-state index < -0.39 is 5.41 Å². The summed E-state index contributed by atoms with van der Waals surface area (Å²) in [5.74, 6) is -0.111. The summed E-state index contributed by atoms with van der Waals surface area (Å²) in [6.07, 6.45) is 6.64. The zero-order chi connectivity index (χ0) is 15.3. The highest BCUT2D eigenvalue weighted by atomic mass is 16.4. The molecule has 1 aliphatic rings. The third kappa shape index (κ3) is 3.17. The van der Waals surface area contributed by atoms with Crippen molar-refractivity contribution >= 4 is 11.7 Å². The Balaban J connectivity index is 1.97. The third-order valence-corrected chi connectivity index (χ3v) is 4.33. The molecule has 4 N–H and O–H groups in total. The number of carbonyl (C=O) groups is 1. The Morgan fingerprint density at radius 1 is 1.52 bits per heavy atom. The number of rotatable bonds is 5. The lowest BCUT2D eigenvalue weighted by molar-refractivity contribution is -0.129. The summed E-state index contributed by atoms with van der Waals surface area (Å²) in [7, 11) is 1.87. The molecule has 0 bridgehead atoms. The van der Waals surface area contributed by atoms with Gasteiger partial charge in [0.1, 0.15) is 5.41 Å². The second-order valence-corrected chi connectivity index (χ2v) is 5.58. The van der Waals surface area contributed by atoms with Crippen molar-refractivity contribution in [3.63, 3.8) is 0 Å². The maximum Gasteiger partial charge on any atom is 0.233 e. The first-order valence-corrected chi connectivity index (χ1v) is 7.33. The topological polar surface area (TPSA) is 106 Å². The molecule has 1 saturated carbocycles. The molecule has 116 valence electrons. The van der Waals surface area contributed by atoms with Crippen LogP contribution in [-0.4, -0.2) is 33.3 Å². The van der Waals surface area contributed by atoms with Crippen LogP contribution < -0.4 is 11.1 Å². The number of amides is 1. The van der Waals surface area contributed by atoms with Gasteiger partial charge in [0.25, 0.3) is 0 Å². The highest BCUT2D eigenvalue weighted by Gasteiger charge is 2.43. The molecule has 0 unspecified atom stereocenters. The molecule has 1 aromatic heterocycles. The monoisotopic (exact) mass is 293 g/mol. The molecule has 1 fully saturated rings. The average molecular weight is 293 g/mol. The first kappa shape index (κ1) is 15.3. The van der Waals surface area contributed by atoms with Gasteiger partial charge in [-0.25, -0.2) is 0 Å². The van der Waals surface area contributed by atoms with Crippen molar-refractivity contribution in [2.45, 2.75) is 38.5 Å². The van der Waals surface area contributed by atoms with Crippen LogP contribution in [0, 0.1) is 5.41 Å². The van der Waals surface area contributed by atoms with Crippen molar-refractivity contribution in [1.82, 2.24) is 15.1 Å². The largest absolute Gasteiger partial charge is 0.409 e. The summed E-state index contributed by atoms with van der Waals surface area (Å²) in [4.78, 5) is 12.5. The molecule has 0 aromatic carbocycles. The molecular formula is C14H23N5O2. The highest BCUT2D eigenvalue weighted by Crippen LogP contribution is 2.36. The third-order valence-electron chi connectivity index (χ3n) is 4.33. The van der Waals surface area contributed by atoms with Crippen molar-refractivity contribution in [1.29, 1.82) is 0 Å². The molecule has 1 aliphatic carbocycles. The lowest BCUT2D eigenvalue weighted by Gasteiger charge is -2.34.